The van der Waals surface area contributed by atoms with Crippen molar-refractivity contribution in [2.24, 2.45) is 17.8 Å². The Morgan fingerprint density at radius 2 is 1.14 bits per heavy atom. The first kappa shape index (κ1) is 17.3. The van der Waals surface area contributed by atoms with Gasteiger partial charge in [0.15, 0.2) is 0 Å². The summed E-state index contributed by atoms with van der Waals surface area (Å²) >= 11 is 0. The van der Waals surface area contributed by atoms with Crippen molar-refractivity contribution in [3.63, 3.8) is 0 Å². The highest BCUT2D eigenvalue weighted by atomic mass is 15.1. The first-order valence-corrected chi connectivity index (χ1v) is 9.92. The minimum atomic E-state index is 0.998. The van der Waals surface area contributed by atoms with Gasteiger partial charge >= 0.3 is 0 Å². The Kier molecular flexibility index (Phi) is 8.14. The molecule has 2 saturated carbocycles. The van der Waals surface area contributed by atoms with Crippen LogP contribution in [-0.2, 0) is 0 Å². The van der Waals surface area contributed by atoms with Gasteiger partial charge in [0, 0.05) is 0 Å². The largest absolute Gasteiger partial charge is 0.306 e. The summed E-state index contributed by atoms with van der Waals surface area (Å²) in [5.41, 5.74) is 0. The molecule has 0 saturated heterocycles. The zero-order valence-corrected chi connectivity index (χ0v) is 14.8. The summed E-state index contributed by atoms with van der Waals surface area (Å²) in [6.07, 6.45) is 19.4. The summed E-state index contributed by atoms with van der Waals surface area (Å²) in [5, 5.41) is 0. The van der Waals surface area contributed by atoms with Crippen LogP contribution in [0.3, 0.4) is 0 Å². The van der Waals surface area contributed by atoms with Gasteiger partial charge < -0.3 is 4.90 Å². The molecule has 1 nitrogen and oxygen atoms in total. The van der Waals surface area contributed by atoms with Crippen molar-refractivity contribution in [2.75, 3.05) is 20.1 Å². The van der Waals surface area contributed by atoms with Gasteiger partial charge in [0.05, 0.1) is 0 Å². The highest BCUT2D eigenvalue weighted by molar-refractivity contribution is 4.72. The van der Waals surface area contributed by atoms with Gasteiger partial charge in [-0.2, -0.15) is 0 Å². The molecule has 0 amide bonds. The second kappa shape index (κ2) is 9.87. The summed E-state index contributed by atoms with van der Waals surface area (Å²) < 4.78 is 0. The van der Waals surface area contributed by atoms with E-state index in [2.05, 4.69) is 18.9 Å². The molecule has 21 heavy (non-hydrogen) atoms. The number of hydrogen-bond acceptors (Lipinski definition) is 1. The van der Waals surface area contributed by atoms with E-state index in [-0.39, 0.29) is 0 Å². The maximum atomic E-state index is 2.62. The van der Waals surface area contributed by atoms with Gasteiger partial charge in [0.25, 0.3) is 0 Å². The highest BCUT2D eigenvalue weighted by Gasteiger charge is 2.18. The van der Waals surface area contributed by atoms with Crippen molar-refractivity contribution >= 4 is 0 Å². The summed E-state index contributed by atoms with van der Waals surface area (Å²) in [6, 6.07) is 0. The molecule has 0 heterocycles. The van der Waals surface area contributed by atoms with Gasteiger partial charge in [0.2, 0.25) is 0 Å². The average molecular weight is 294 g/mol. The topological polar surface area (TPSA) is 3.24 Å². The zero-order chi connectivity index (χ0) is 14.9. The van der Waals surface area contributed by atoms with Gasteiger partial charge in [-0.15, -0.1) is 0 Å². The lowest BCUT2D eigenvalue weighted by molar-refractivity contribution is 0.224. The maximum absolute atomic E-state index is 2.62. The van der Waals surface area contributed by atoms with Crippen LogP contribution in [-0.4, -0.2) is 25.0 Å². The molecule has 2 rings (SSSR count). The van der Waals surface area contributed by atoms with Crippen molar-refractivity contribution in [2.45, 2.75) is 90.4 Å². The van der Waals surface area contributed by atoms with E-state index in [4.69, 9.17) is 0 Å². The van der Waals surface area contributed by atoms with Crippen molar-refractivity contribution in [3.05, 3.63) is 0 Å². The normalized spacial score (nSPS) is 29.3. The lowest BCUT2D eigenvalue weighted by Crippen LogP contribution is -2.25. The van der Waals surface area contributed by atoms with E-state index < -0.39 is 0 Å². The molecule has 2 fully saturated rings. The molecule has 124 valence electrons. The number of hydrogen-bond donors (Lipinski definition) is 0. The van der Waals surface area contributed by atoms with Crippen LogP contribution in [0.5, 0.6) is 0 Å². The van der Waals surface area contributed by atoms with Crippen LogP contribution in [0.15, 0.2) is 0 Å². The van der Waals surface area contributed by atoms with E-state index in [0.29, 0.717) is 0 Å². The minimum Gasteiger partial charge on any atom is -0.306 e. The standard InChI is InChI=1S/C20H39N/c1-18-10-12-20(13-11-18)15-17-21(2)16-14-19-8-6-4-3-5-7-9-19/h18-20H,3-17H2,1-2H3. The lowest BCUT2D eigenvalue weighted by atomic mass is 9.81. The third-order valence-corrected chi connectivity index (χ3v) is 6.20. The molecule has 0 aromatic rings. The monoisotopic (exact) mass is 293 g/mol. The highest BCUT2D eigenvalue weighted by Crippen LogP contribution is 2.30. The molecule has 0 N–H and O–H groups in total. The molecule has 0 unspecified atom stereocenters. The van der Waals surface area contributed by atoms with Crippen LogP contribution in [0.25, 0.3) is 0 Å². The Bertz CT molecular complexity index is 247. The third-order valence-electron chi connectivity index (χ3n) is 6.20. The lowest BCUT2D eigenvalue weighted by Gasteiger charge is -2.28. The molecular formula is C20H39N. The molecule has 2 aliphatic rings. The first-order chi connectivity index (χ1) is 10.2. The van der Waals surface area contributed by atoms with Crippen molar-refractivity contribution in [1.29, 1.82) is 0 Å². The van der Waals surface area contributed by atoms with E-state index in [1.807, 2.05) is 0 Å². The summed E-state index contributed by atoms with van der Waals surface area (Å²) in [4.78, 5) is 2.62. The third kappa shape index (κ3) is 7.17. The quantitative estimate of drug-likeness (QED) is 0.590. The molecule has 0 spiro atoms. The van der Waals surface area contributed by atoms with E-state index in [0.717, 1.165) is 17.8 Å². The summed E-state index contributed by atoms with van der Waals surface area (Å²) in [6.45, 7) is 5.11. The van der Waals surface area contributed by atoms with Crippen LogP contribution in [0, 0.1) is 17.8 Å². The fourth-order valence-corrected chi connectivity index (χ4v) is 4.36. The Morgan fingerprint density at radius 1 is 0.667 bits per heavy atom. The molecule has 1 heteroatoms. The molecule has 0 atom stereocenters. The Hall–Kier alpha value is -0.0400. The second-order valence-electron chi connectivity index (χ2n) is 8.22. The molecule has 0 aromatic carbocycles. The van der Waals surface area contributed by atoms with Crippen LogP contribution >= 0.6 is 0 Å². The molecule has 0 radical (unpaired) electrons. The predicted octanol–water partition coefficient (Wildman–Crippen LogP) is 5.89. The van der Waals surface area contributed by atoms with Crippen LogP contribution in [0.4, 0.5) is 0 Å². The number of nitrogens with zero attached hydrogens (tertiary/aromatic N) is 1. The SMILES string of the molecule is CC1CCC(CCN(C)CCC2CCCCCCC2)CC1. The van der Waals surface area contributed by atoms with Crippen molar-refractivity contribution in [1.82, 2.24) is 4.90 Å². The van der Waals surface area contributed by atoms with Crippen molar-refractivity contribution in [3.8, 4) is 0 Å². The summed E-state index contributed by atoms with van der Waals surface area (Å²) in [7, 11) is 2.36. The van der Waals surface area contributed by atoms with Gasteiger partial charge in [-0.25, -0.2) is 0 Å². The Balaban J connectivity index is 1.55. The van der Waals surface area contributed by atoms with Crippen molar-refractivity contribution < 1.29 is 0 Å². The molecule has 0 bridgehead atoms. The second-order valence-corrected chi connectivity index (χ2v) is 8.22. The predicted molar refractivity (Wildman–Crippen MR) is 93.7 cm³/mol. The fourth-order valence-electron chi connectivity index (χ4n) is 4.36. The van der Waals surface area contributed by atoms with Crippen LogP contribution < -0.4 is 0 Å². The van der Waals surface area contributed by atoms with E-state index in [1.165, 1.54) is 96.6 Å². The average Bonchev–Trinajstić information content (AvgIpc) is 2.45. The smallest absolute Gasteiger partial charge is 0.00191 e. The van der Waals surface area contributed by atoms with Gasteiger partial charge in [-0.3, -0.25) is 0 Å². The zero-order valence-electron chi connectivity index (χ0n) is 14.8. The van der Waals surface area contributed by atoms with E-state index >= 15 is 0 Å². The van der Waals surface area contributed by atoms with Gasteiger partial charge in [0.1, 0.15) is 0 Å². The number of rotatable bonds is 6. The molecular weight excluding hydrogens is 254 g/mol. The Morgan fingerprint density at radius 3 is 1.71 bits per heavy atom. The van der Waals surface area contributed by atoms with E-state index in [1.54, 1.807) is 0 Å². The van der Waals surface area contributed by atoms with Gasteiger partial charge in [-0.05, 0) is 50.7 Å². The first-order valence-electron chi connectivity index (χ1n) is 9.92. The van der Waals surface area contributed by atoms with Crippen LogP contribution in [0.2, 0.25) is 0 Å². The van der Waals surface area contributed by atoms with Gasteiger partial charge in [-0.1, -0.05) is 77.6 Å². The minimum absolute atomic E-state index is 0.998. The molecule has 0 aromatic heterocycles. The molecule has 2 aliphatic carbocycles. The fraction of sp³-hybridized carbons (Fsp3) is 1.00. The maximum Gasteiger partial charge on any atom is -0.00191 e. The van der Waals surface area contributed by atoms with Crippen LogP contribution in [0.1, 0.15) is 90.4 Å². The molecule has 0 aliphatic heterocycles. The summed E-state index contributed by atoms with van der Waals surface area (Å²) in [5.74, 6) is 3.06. The Labute approximate surface area is 133 Å². The van der Waals surface area contributed by atoms with E-state index in [9.17, 15) is 0 Å².